The van der Waals surface area contributed by atoms with E-state index in [1.165, 1.54) is 0 Å². The predicted octanol–water partition coefficient (Wildman–Crippen LogP) is 2.70. The Balaban J connectivity index is 0. The maximum absolute atomic E-state index is 9.75. The van der Waals surface area contributed by atoms with Crippen molar-refractivity contribution < 1.29 is 17.3 Å². The first-order chi connectivity index (χ1) is 3.91. The summed E-state index contributed by atoms with van der Waals surface area (Å²) in [5, 5.41) is 0. The van der Waals surface area contributed by atoms with Gasteiger partial charge < -0.3 is 17.3 Å². The van der Waals surface area contributed by atoms with E-state index >= 15 is 0 Å². The van der Waals surface area contributed by atoms with Crippen LogP contribution in [0.2, 0.25) is 0 Å². The second kappa shape index (κ2) is 5.66. The highest BCUT2D eigenvalue weighted by Crippen LogP contribution is 2.06. The minimum atomic E-state index is -6.00. The fourth-order valence-electron chi connectivity index (χ4n) is 0. The summed E-state index contributed by atoms with van der Waals surface area (Å²) in [6.07, 6.45) is 2.60. The van der Waals surface area contributed by atoms with Gasteiger partial charge in [0.15, 0.2) is 0 Å². The average Bonchev–Trinajstić information content (AvgIpc) is 1.61. The average molecular weight is 142 g/mol. The van der Waals surface area contributed by atoms with E-state index in [-0.39, 0.29) is 0 Å². The monoisotopic (exact) mass is 142 g/mol. The molecular formula is C4H7BF4-. The summed E-state index contributed by atoms with van der Waals surface area (Å²) in [6, 6.07) is 0. The van der Waals surface area contributed by atoms with Crippen LogP contribution in [0.4, 0.5) is 17.3 Å². The Bertz CT molecular complexity index is 61.5. The lowest BCUT2D eigenvalue weighted by molar-refractivity contribution is 0.368. The van der Waals surface area contributed by atoms with Crippen LogP contribution in [0.25, 0.3) is 0 Å². The zero-order valence-electron chi connectivity index (χ0n) is 4.79. The molecule has 0 aliphatic heterocycles. The van der Waals surface area contributed by atoms with Gasteiger partial charge in [-0.2, -0.15) is 0 Å². The van der Waals surface area contributed by atoms with Crippen molar-refractivity contribution in [2.45, 2.75) is 6.42 Å². The van der Waals surface area contributed by atoms with Crippen LogP contribution in [-0.2, 0) is 0 Å². The van der Waals surface area contributed by atoms with Crippen molar-refractivity contribution in [1.29, 1.82) is 0 Å². The molecule has 0 aliphatic rings. The summed E-state index contributed by atoms with van der Waals surface area (Å²) in [6.45, 7) is 6.90. The van der Waals surface area contributed by atoms with Crippen LogP contribution in [0, 0.1) is 6.92 Å². The molecule has 0 atom stereocenters. The third-order valence-corrected chi connectivity index (χ3v) is 0.204. The van der Waals surface area contributed by atoms with Crippen LogP contribution in [-0.4, -0.2) is 7.25 Å². The largest absolute Gasteiger partial charge is 0.673 e. The summed E-state index contributed by atoms with van der Waals surface area (Å²) in [5.41, 5.74) is 0. The number of hydrogen-bond donors (Lipinski definition) is 0. The van der Waals surface area contributed by atoms with Gasteiger partial charge in [-0.05, 0) is 13.3 Å². The molecule has 0 aromatic heterocycles. The number of halogens is 4. The van der Waals surface area contributed by atoms with Crippen molar-refractivity contribution in [3.63, 3.8) is 0 Å². The molecule has 0 spiro atoms. The van der Waals surface area contributed by atoms with Gasteiger partial charge in [-0.25, -0.2) is 0 Å². The summed E-state index contributed by atoms with van der Waals surface area (Å²) in [4.78, 5) is 0. The summed E-state index contributed by atoms with van der Waals surface area (Å²) in [5.74, 6) is 0. The van der Waals surface area contributed by atoms with Gasteiger partial charge in [0.25, 0.3) is 0 Å². The predicted molar refractivity (Wildman–Crippen MR) is 30.4 cm³/mol. The Morgan fingerprint density at radius 3 is 1.33 bits per heavy atom. The van der Waals surface area contributed by atoms with Crippen molar-refractivity contribution in [1.82, 2.24) is 0 Å². The van der Waals surface area contributed by atoms with Crippen molar-refractivity contribution in [2.24, 2.45) is 0 Å². The van der Waals surface area contributed by atoms with Gasteiger partial charge in [0.2, 0.25) is 0 Å². The summed E-state index contributed by atoms with van der Waals surface area (Å²) < 4.78 is 39.0. The molecule has 0 N–H and O–H groups in total. The molecule has 0 aromatic rings. The molecule has 0 amide bonds. The van der Waals surface area contributed by atoms with E-state index in [2.05, 4.69) is 13.5 Å². The van der Waals surface area contributed by atoms with E-state index in [9.17, 15) is 17.3 Å². The fourth-order valence-corrected chi connectivity index (χ4v) is 0. The topological polar surface area (TPSA) is 0 Å². The zero-order valence-corrected chi connectivity index (χ0v) is 4.79. The summed E-state index contributed by atoms with van der Waals surface area (Å²) in [7, 11) is -6.00. The van der Waals surface area contributed by atoms with Gasteiger partial charge in [-0.15, -0.1) is 6.58 Å². The number of allylic oxidation sites excluding steroid dienone is 1. The van der Waals surface area contributed by atoms with Gasteiger partial charge in [-0.3, -0.25) is 0 Å². The van der Waals surface area contributed by atoms with E-state index in [1.807, 2.05) is 0 Å². The molecule has 5 heteroatoms. The van der Waals surface area contributed by atoms with Gasteiger partial charge >= 0.3 is 7.25 Å². The first-order valence-electron chi connectivity index (χ1n) is 2.19. The van der Waals surface area contributed by atoms with Crippen LogP contribution in [0.3, 0.4) is 0 Å². The maximum Gasteiger partial charge on any atom is 0.673 e. The van der Waals surface area contributed by atoms with Crippen molar-refractivity contribution in [3.05, 3.63) is 19.6 Å². The van der Waals surface area contributed by atoms with Crippen LogP contribution in [0.5, 0.6) is 0 Å². The van der Waals surface area contributed by atoms with E-state index in [0.717, 1.165) is 6.42 Å². The lowest BCUT2D eigenvalue weighted by Gasteiger charge is -1.94. The lowest BCUT2D eigenvalue weighted by atomic mass is 10.3. The van der Waals surface area contributed by atoms with Gasteiger partial charge in [0.1, 0.15) is 0 Å². The second-order valence-electron chi connectivity index (χ2n) is 1.07. The smallest absolute Gasteiger partial charge is 0.418 e. The highest BCUT2D eigenvalue weighted by molar-refractivity contribution is 6.50. The molecule has 0 fully saturated rings. The van der Waals surface area contributed by atoms with Crippen LogP contribution in [0.1, 0.15) is 6.42 Å². The molecule has 0 unspecified atom stereocenters. The standard InChI is InChI=1S/C4H7.BF4/c1-3-4-2;2-1(3,4)5/h3H,1-2,4H2;/q;-1. The zero-order chi connectivity index (χ0) is 7.91. The Morgan fingerprint density at radius 2 is 1.33 bits per heavy atom. The van der Waals surface area contributed by atoms with Crippen molar-refractivity contribution in [3.8, 4) is 0 Å². The van der Waals surface area contributed by atoms with E-state index in [1.54, 1.807) is 6.08 Å². The Hall–Kier alpha value is -0.475. The molecule has 9 heavy (non-hydrogen) atoms. The van der Waals surface area contributed by atoms with Crippen LogP contribution in [0.15, 0.2) is 12.7 Å². The van der Waals surface area contributed by atoms with E-state index in [0.29, 0.717) is 0 Å². The first kappa shape index (κ1) is 11.3. The molecule has 1 radical (unpaired) electrons. The molecule has 0 nitrogen and oxygen atoms in total. The van der Waals surface area contributed by atoms with Crippen molar-refractivity contribution in [2.75, 3.05) is 0 Å². The molecular weight excluding hydrogens is 135 g/mol. The minimum absolute atomic E-state index is 0.833. The third kappa shape index (κ3) is 834. The molecule has 0 aliphatic carbocycles. The fraction of sp³-hybridized carbons (Fsp3) is 0.250. The van der Waals surface area contributed by atoms with Crippen LogP contribution >= 0.6 is 0 Å². The third-order valence-electron chi connectivity index (χ3n) is 0.204. The molecule has 0 bridgehead atoms. The van der Waals surface area contributed by atoms with Crippen LogP contribution < -0.4 is 0 Å². The molecule has 0 heterocycles. The second-order valence-corrected chi connectivity index (χ2v) is 1.07. The Kier molecular flexibility index (Phi) is 7.13. The van der Waals surface area contributed by atoms with Gasteiger partial charge in [-0.1, -0.05) is 6.08 Å². The molecule has 0 rings (SSSR count). The lowest BCUT2D eigenvalue weighted by Crippen LogP contribution is -2.02. The highest BCUT2D eigenvalue weighted by Gasteiger charge is 2.20. The quantitative estimate of drug-likeness (QED) is 0.300. The summed E-state index contributed by atoms with van der Waals surface area (Å²) >= 11 is 0. The maximum atomic E-state index is 9.75. The van der Waals surface area contributed by atoms with Gasteiger partial charge in [0, 0.05) is 0 Å². The first-order valence-corrected chi connectivity index (χ1v) is 2.19. The number of hydrogen-bond acceptors (Lipinski definition) is 0. The molecule has 0 aromatic carbocycles. The molecule has 0 saturated heterocycles. The van der Waals surface area contributed by atoms with Gasteiger partial charge in [0.05, 0.1) is 0 Å². The molecule has 55 valence electrons. The highest BCUT2D eigenvalue weighted by atomic mass is 19.5. The molecule has 0 saturated carbocycles. The minimum Gasteiger partial charge on any atom is -0.418 e. The normalized spacial score (nSPS) is 9.44. The Labute approximate surface area is 51.7 Å². The van der Waals surface area contributed by atoms with E-state index in [4.69, 9.17) is 0 Å². The SMILES string of the molecule is F[B-](F)(F)F.[CH2]CC=C. The Morgan fingerprint density at radius 1 is 1.22 bits per heavy atom. The number of rotatable bonds is 1. The van der Waals surface area contributed by atoms with Crippen molar-refractivity contribution >= 4 is 7.25 Å². The van der Waals surface area contributed by atoms with E-state index < -0.39 is 7.25 Å².